The third-order valence-corrected chi connectivity index (χ3v) is 7.44. The lowest BCUT2D eigenvalue weighted by Crippen LogP contribution is -2.27. The summed E-state index contributed by atoms with van der Waals surface area (Å²) in [7, 11) is 1.77. The molecule has 0 bridgehead atoms. The first-order chi connectivity index (χ1) is 17.9. The molecule has 1 aliphatic rings. The van der Waals surface area contributed by atoms with Gasteiger partial charge in [-0.05, 0) is 55.5 Å². The topological polar surface area (TPSA) is 115 Å². The first kappa shape index (κ1) is 23.2. The van der Waals surface area contributed by atoms with Gasteiger partial charge in [0.2, 0.25) is 0 Å². The number of aromatic amines is 1. The third kappa shape index (κ3) is 3.82. The number of aryl methyl sites for hydroxylation is 2. The highest BCUT2D eigenvalue weighted by Gasteiger charge is 2.31. The second-order valence-electron chi connectivity index (χ2n) is 9.63. The molecular formula is C28H27N5O4. The van der Waals surface area contributed by atoms with Crippen molar-refractivity contribution in [3.63, 3.8) is 0 Å². The van der Waals surface area contributed by atoms with Crippen molar-refractivity contribution in [2.45, 2.75) is 25.8 Å². The largest absolute Gasteiger partial charge is 0.478 e. The lowest BCUT2D eigenvalue weighted by Gasteiger charge is -2.33. The van der Waals surface area contributed by atoms with Gasteiger partial charge in [0.05, 0.1) is 45.1 Å². The Balaban J connectivity index is 1.73. The molecule has 3 aromatic heterocycles. The Hall–Kier alpha value is -4.24. The molecule has 4 heterocycles. The number of fused-ring (bicyclic) bond motifs is 3. The fourth-order valence-electron chi connectivity index (χ4n) is 5.74. The van der Waals surface area contributed by atoms with Crippen LogP contribution in [0.25, 0.3) is 33.2 Å². The van der Waals surface area contributed by atoms with E-state index < -0.39 is 5.97 Å². The van der Waals surface area contributed by atoms with E-state index in [1.807, 2.05) is 31.2 Å². The third-order valence-electron chi connectivity index (χ3n) is 7.44. The van der Waals surface area contributed by atoms with Gasteiger partial charge in [-0.25, -0.2) is 9.48 Å². The van der Waals surface area contributed by atoms with Crippen molar-refractivity contribution in [1.29, 1.82) is 0 Å². The number of carbonyl (C=O) groups is 1. The number of H-pyrrole nitrogens is 1. The molecule has 9 heteroatoms. The zero-order valence-corrected chi connectivity index (χ0v) is 20.6. The number of carboxylic acid groups (broad SMARTS) is 1. The lowest BCUT2D eigenvalue weighted by atomic mass is 9.86. The zero-order valence-electron chi connectivity index (χ0n) is 20.6. The molecule has 9 nitrogen and oxygen atoms in total. The predicted molar refractivity (Wildman–Crippen MR) is 140 cm³/mol. The highest BCUT2D eigenvalue weighted by Crippen LogP contribution is 2.41. The maximum atomic E-state index is 13.4. The molecule has 1 aliphatic heterocycles. The van der Waals surface area contributed by atoms with E-state index in [9.17, 15) is 14.7 Å². The number of aromatic carboxylic acids is 1. The van der Waals surface area contributed by atoms with Gasteiger partial charge in [-0.1, -0.05) is 35.5 Å². The summed E-state index contributed by atoms with van der Waals surface area (Å²) in [6.07, 6.45) is 1.75. The summed E-state index contributed by atoms with van der Waals surface area (Å²) in [5.41, 5.74) is 5.13. The Bertz CT molecular complexity index is 1670. The first-order valence-corrected chi connectivity index (χ1v) is 12.4. The minimum absolute atomic E-state index is 0.0846. The number of carboxylic acids is 1. The van der Waals surface area contributed by atoms with Gasteiger partial charge in [-0.2, -0.15) is 0 Å². The SMILES string of the molecule is Cc1nnn(C)c1-c1cc2c([nH]c1=O)c1ccc(C(=O)O)cc1n2C(c1ccccc1)C1CCOCC1. The molecule has 0 spiro atoms. The zero-order chi connectivity index (χ0) is 25.7. The van der Waals surface area contributed by atoms with Gasteiger partial charge in [-0.15, -0.1) is 5.10 Å². The van der Waals surface area contributed by atoms with Crippen molar-refractivity contribution in [3.8, 4) is 11.3 Å². The van der Waals surface area contributed by atoms with Crippen LogP contribution in [0.4, 0.5) is 0 Å². The van der Waals surface area contributed by atoms with Gasteiger partial charge in [0, 0.05) is 25.6 Å². The van der Waals surface area contributed by atoms with E-state index in [-0.39, 0.29) is 23.1 Å². The molecule has 1 fully saturated rings. The van der Waals surface area contributed by atoms with Crippen molar-refractivity contribution in [1.82, 2.24) is 24.5 Å². The fourth-order valence-corrected chi connectivity index (χ4v) is 5.74. The highest BCUT2D eigenvalue weighted by atomic mass is 16.5. The number of benzene rings is 2. The van der Waals surface area contributed by atoms with Crippen LogP contribution in [0.5, 0.6) is 0 Å². The summed E-state index contributed by atoms with van der Waals surface area (Å²) in [4.78, 5) is 28.4. The molecule has 1 atom stereocenters. The molecule has 5 aromatic rings. The van der Waals surface area contributed by atoms with E-state index in [0.29, 0.717) is 35.7 Å². The molecule has 2 aromatic carbocycles. The van der Waals surface area contributed by atoms with Crippen LogP contribution < -0.4 is 5.56 Å². The van der Waals surface area contributed by atoms with Crippen LogP contribution in [-0.4, -0.2) is 48.8 Å². The minimum atomic E-state index is -0.994. The van der Waals surface area contributed by atoms with Gasteiger partial charge in [0.15, 0.2) is 0 Å². The van der Waals surface area contributed by atoms with Crippen molar-refractivity contribution < 1.29 is 14.6 Å². The fraction of sp³-hybridized carbons (Fsp3) is 0.286. The summed E-state index contributed by atoms with van der Waals surface area (Å²) in [6, 6.07) is 17.2. The van der Waals surface area contributed by atoms with Crippen LogP contribution in [0.1, 0.15) is 40.5 Å². The number of hydrogen-bond donors (Lipinski definition) is 2. The van der Waals surface area contributed by atoms with Crippen LogP contribution >= 0.6 is 0 Å². The van der Waals surface area contributed by atoms with Crippen molar-refractivity contribution in [2.24, 2.45) is 13.0 Å². The number of ether oxygens (including phenoxy) is 1. The molecule has 0 aliphatic carbocycles. The Morgan fingerprint density at radius 3 is 2.54 bits per heavy atom. The maximum absolute atomic E-state index is 13.4. The number of aromatic nitrogens is 5. The van der Waals surface area contributed by atoms with E-state index >= 15 is 0 Å². The predicted octanol–water partition coefficient (Wildman–Crippen LogP) is 4.30. The Morgan fingerprint density at radius 2 is 1.86 bits per heavy atom. The average Bonchev–Trinajstić information content (AvgIpc) is 3.40. The Labute approximate surface area is 212 Å². The molecule has 188 valence electrons. The first-order valence-electron chi connectivity index (χ1n) is 12.4. The van der Waals surface area contributed by atoms with Gasteiger partial charge >= 0.3 is 5.97 Å². The number of rotatable bonds is 5. The molecule has 2 N–H and O–H groups in total. The van der Waals surface area contributed by atoms with Gasteiger partial charge in [0.1, 0.15) is 0 Å². The molecule has 1 unspecified atom stereocenters. The molecule has 0 amide bonds. The summed E-state index contributed by atoms with van der Waals surface area (Å²) >= 11 is 0. The molecule has 0 radical (unpaired) electrons. The highest BCUT2D eigenvalue weighted by molar-refractivity contribution is 6.08. The minimum Gasteiger partial charge on any atom is -0.478 e. The van der Waals surface area contributed by atoms with E-state index in [4.69, 9.17) is 4.74 Å². The monoisotopic (exact) mass is 497 g/mol. The Kier molecular flexibility index (Phi) is 5.64. The summed E-state index contributed by atoms with van der Waals surface area (Å²) in [6.45, 7) is 3.18. The van der Waals surface area contributed by atoms with E-state index in [1.165, 1.54) is 0 Å². The normalized spacial score (nSPS) is 15.4. The molecular weight excluding hydrogens is 470 g/mol. The lowest BCUT2D eigenvalue weighted by molar-refractivity contribution is 0.0553. The molecule has 1 saturated heterocycles. The van der Waals surface area contributed by atoms with Crippen LogP contribution in [0, 0.1) is 12.8 Å². The van der Waals surface area contributed by atoms with Crippen molar-refractivity contribution >= 4 is 27.9 Å². The standard InChI is InChI=1S/C28H27N5O4/c1-16-25(32(2)31-30-16)21-15-23-24(29-27(21)34)20-9-8-19(28(35)36)14-22(20)33(23)26(17-6-4-3-5-7-17)18-10-12-37-13-11-18/h3-9,14-15,18,26H,10-13H2,1-2H3,(H,29,34)(H,35,36). The van der Waals surface area contributed by atoms with Crippen LogP contribution in [-0.2, 0) is 11.8 Å². The quantitative estimate of drug-likeness (QED) is 0.374. The smallest absolute Gasteiger partial charge is 0.335 e. The van der Waals surface area contributed by atoms with Crippen LogP contribution in [0.3, 0.4) is 0 Å². The summed E-state index contributed by atoms with van der Waals surface area (Å²) in [5, 5.41) is 18.8. The van der Waals surface area contributed by atoms with Gasteiger partial charge in [0.25, 0.3) is 5.56 Å². The number of nitrogens with zero attached hydrogens (tertiary/aromatic N) is 4. The van der Waals surface area contributed by atoms with Gasteiger partial charge < -0.3 is 19.4 Å². The second kappa shape index (κ2) is 9.01. The number of hydrogen-bond acceptors (Lipinski definition) is 5. The van der Waals surface area contributed by atoms with Crippen molar-refractivity contribution in [2.75, 3.05) is 13.2 Å². The summed E-state index contributed by atoms with van der Waals surface area (Å²) in [5.74, 6) is -0.731. The van der Waals surface area contributed by atoms with Gasteiger partial charge in [-0.3, -0.25) is 4.79 Å². The van der Waals surface area contributed by atoms with Crippen molar-refractivity contribution in [3.05, 3.63) is 81.8 Å². The molecule has 37 heavy (non-hydrogen) atoms. The number of pyridine rings is 1. The second-order valence-corrected chi connectivity index (χ2v) is 9.63. The molecule has 6 rings (SSSR count). The Morgan fingerprint density at radius 1 is 1.11 bits per heavy atom. The molecule has 0 saturated carbocycles. The van der Waals surface area contributed by atoms with E-state index in [2.05, 4.69) is 32.0 Å². The number of nitrogens with one attached hydrogen (secondary N) is 1. The average molecular weight is 498 g/mol. The van der Waals surface area contributed by atoms with Crippen LogP contribution in [0.15, 0.2) is 59.4 Å². The summed E-state index contributed by atoms with van der Waals surface area (Å²) < 4.78 is 9.50. The van der Waals surface area contributed by atoms with Crippen LogP contribution in [0.2, 0.25) is 0 Å². The van der Waals surface area contributed by atoms with E-state index in [0.717, 1.165) is 34.8 Å². The van der Waals surface area contributed by atoms with E-state index in [1.54, 1.807) is 29.9 Å². The maximum Gasteiger partial charge on any atom is 0.335 e.